The van der Waals surface area contributed by atoms with Gasteiger partial charge in [-0.05, 0) is 53.8 Å². The zero-order valence-corrected chi connectivity index (χ0v) is 17.8. The van der Waals surface area contributed by atoms with Gasteiger partial charge < -0.3 is 15.7 Å². The van der Waals surface area contributed by atoms with Crippen molar-refractivity contribution in [3.05, 3.63) is 57.8 Å². The minimum absolute atomic E-state index is 0. The molecule has 136 valence electrons. The van der Waals surface area contributed by atoms with Crippen LogP contribution < -0.4 is 10.6 Å². The number of rotatable bonds is 6. The maximum atomic E-state index is 10.6. The number of nitrogens with one attached hydrogen (secondary N) is 2. The predicted molar refractivity (Wildman–Crippen MR) is 116 cm³/mol. The molecule has 1 aliphatic rings. The number of fused-ring (bicyclic) bond motifs is 1. The summed E-state index contributed by atoms with van der Waals surface area (Å²) < 4.78 is 0. The van der Waals surface area contributed by atoms with E-state index in [1.54, 1.807) is 11.3 Å². The first-order chi connectivity index (χ1) is 11.6. The number of halogens is 1. The summed E-state index contributed by atoms with van der Waals surface area (Å²) >= 11 is 1.59. The van der Waals surface area contributed by atoms with Crippen LogP contribution in [0.15, 0.2) is 46.1 Å². The number of thiophene rings is 1. The molecule has 1 heterocycles. The molecule has 6 heteroatoms. The zero-order chi connectivity index (χ0) is 17.0. The molecule has 0 aliphatic heterocycles. The molecule has 1 aromatic heterocycles. The Bertz CT molecular complexity index is 700. The highest BCUT2D eigenvalue weighted by molar-refractivity contribution is 14.0. The fourth-order valence-electron chi connectivity index (χ4n) is 3.00. The van der Waals surface area contributed by atoms with Crippen molar-refractivity contribution >= 4 is 41.3 Å². The van der Waals surface area contributed by atoms with Crippen molar-refractivity contribution in [1.82, 2.24) is 10.6 Å². The van der Waals surface area contributed by atoms with Crippen LogP contribution in [-0.2, 0) is 12.0 Å². The van der Waals surface area contributed by atoms with E-state index in [4.69, 9.17) is 0 Å². The van der Waals surface area contributed by atoms with E-state index >= 15 is 0 Å². The van der Waals surface area contributed by atoms with Gasteiger partial charge in [-0.25, -0.2) is 4.99 Å². The second-order valence-electron chi connectivity index (χ2n) is 6.46. The molecular weight excluding hydrogens is 445 g/mol. The Morgan fingerprint density at radius 1 is 1.32 bits per heavy atom. The van der Waals surface area contributed by atoms with Gasteiger partial charge in [0, 0.05) is 19.0 Å². The van der Waals surface area contributed by atoms with Gasteiger partial charge in [0.25, 0.3) is 0 Å². The van der Waals surface area contributed by atoms with E-state index in [0.29, 0.717) is 12.5 Å². The van der Waals surface area contributed by atoms with Crippen LogP contribution in [0.5, 0.6) is 0 Å². The summed E-state index contributed by atoms with van der Waals surface area (Å²) in [7, 11) is 0. The molecule has 4 nitrogen and oxygen atoms in total. The third-order valence-corrected chi connectivity index (χ3v) is 5.19. The molecule has 2 aromatic rings. The van der Waals surface area contributed by atoms with Crippen molar-refractivity contribution in [2.75, 3.05) is 19.6 Å². The maximum absolute atomic E-state index is 10.6. The van der Waals surface area contributed by atoms with Crippen LogP contribution in [0.1, 0.15) is 36.5 Å². The van der Waals surface area contributed by atoms with Crippen molar-refractivity contribution < 1.29 is 5.11 Å². The molecule has 1 aliphatic carbocycles. The normalized spacial score (nSPS) is 18.4. The molecular formula is C19H26IN3OS. The largest absolute Gasteiger partial charge is 0.383 e. The fraction of sp³-hybridized carbons (Fsp3) is 0.421. The third-order valence-electron chi connectivity index (χ3n) is 4.51. The number of benzene rings is 1. The van der Waals surface area contributed by atoms with Gasteiger partial charge in [-0.1, -0.05) is 24.3 Å². The lowest BCUT2D eigenvalue weighted by molar-refractivity contribution is 0.0677. The Labute approximate surface area is 170 Å². The van der Waals surface area contributed by atoms with E-state index in [1.165, 1.54) is 11.1 Å². The van der Waals surface area contributed by atoms with Gasteiger partial charge in [0.15, 0.2) is 5.96 Å². The van der Waals surface area contributed by atoms with Gasteiger partial charge in [-0.2, -0.15) is 11.3 Å². The number of hydrogen-bond donors (Lipinski definition) is 3. The SMILES string of the molecule is CCNC(=NCC(C)(O)c1ccsc1)NCC1Cc2ccccc21.I. The lowest BCUT2D eigenvalue weighted by atomic mass is 9.78. The quantitative estimate of drug-likeness (QED) is 0.344. The number of guanidine groups is 1. The topological polar surface area (TPSA) is 56.7 Å². The van der Waals surface area contributed by atoms with Crippen LogP contribution in [0.4, 0.5) is 0 Å². The van der Waals surface area contributed by atoms with Crippen molar-refractivity contribution in [1.29, 1.82) is 0 Å². The Hall–Kier alpha value is -1.12. The summed E-state index contributed by atoms with van der Waals surface area (Å²) in [6.07, 6.45) is 1.12. The van der Waals surface area contributed by atoms with Crippen LogP contribution in [0.25, 0.3) is 0 Å². The van der Waals surface area contributed by atoms with Crippen LogP contribution in [0, 0.1) is 0 Å². The third kappa shape index (κ3) is 4.95. The molecule has 0 amide bonds. The molecule has 0 bridgehead atoms. The molecule has 25 heavy (non-hydrogen) atoms. The summed E-state index contributed by atoms with van der Waals surface area (Å²) in [5.74, 6) is 1.31. The van der Waals surface area contributed by atoms with Crippen molar-refractivity contribution in [3.8, 4) is 0 Å². The fourth-order valence-corrected chi connectivity index (χ4v) is 3.78. The van der Waals surface area contributed by atoms with E-state index in [9.17, 15) is 5.11 Å². The van der Waals surface area contributed by atoms with Crippen LogP contribution in [-0.4, -0.2) is 30.7 Å². The highest BCUT2D eigenvalue weighted by Gasteiger charge is 2.26. The van der Waals surface area contributed by atoms with Crippen LogP contribution >= 0.6 is 35.3 Å². The second-order valence-corrected chi connectivity index (χ2v) is 7.24. The first kappa shape index (κ1) is 20.2. The Balaban J connectivity index is 0.00000225. The smallest absolute Gasteiger partial charge is 0.191 e. The summed E-state index contributed by atoms with van der Waals surface area (Å²) in [5, 5.41) is 21.2. The monoisotopic (exact) mass is 471 g/mol. The van der Waals surface area contributed by atoms with E-state index in [0.717, 1.165) is 31.0 Å². The molecule has 0 radical (unpaired) electrons. The minimum Gasteiger partial charge on any atom is -0.383 e. The average Bonchev–Trinajstić information content (AvgIpc) is 3.09. The number of aliphatic hydroxyl groups is 1. The minimum atomic E-state index is -0.939. The van der Waals surface area contributed by atoms with Gasteiger partial charge in [-0.15, -0.1) is 24.0 Å². The Kier molecular flexibility index (Phi) is 7.27. The number of hydrogen-bond acceptors (Lipinski definition) is 3. The Morgan fingerprint density at radius 2 is 2.12 bits per heavy atom. The Morgan fingerprint density at radius 3 is 2.80 bits per heavy atom. The van der Waals surface area contributed by atoms with E-state index in [1.807, 2.05) is 30.7 Å². The van der Waals surface area contributed by atoms with Gasteiger partial charge in [0.1, 0.15) is 5.60 Å². The highest BCUT2D eigenvalue weighted by atomic mass is 127. The predicted octanol–water partition coefficient (Wildman–Crippen LogP) is 3.47. The van der Waals surface area contributed by atoms with Gasteiger partial charge in [0.05, 0.1) is 6.54 Å². The van der Waals surface area contributed by atoms with Gasteiger partial charge in [0.2, 0.25) is 0 Å². The molecule has 0 fully saturated rings. The molecule has 0 saturated carbocycles. The highest BCUT2D eigenvalue weighted by Crippen LogP contribution is 2.33. The molecule has 0 saturated heterocycles. The molecule has 2 unspecified atom stereocenters. The van der Waals surface area contributed by atoms with Crippen molar-refractivity contribution in [2.24, 2.45) is 4.99 Å². The summed E-state index contributed by atoms with van der Waals surface area (Å²) in [5.41, 5.74) is 2.86. The molecule has 2 atom stereocenters. The van der Waals surface area contributed by atoms with E-state index in [2.05, 4.69) is 39.9 Å². The van der Waals surface area contributed by atoms with E-state index < -0.39 is 5.60 Å². The summed E-state index contributed by atoms with van der Waals surface area (Å²) in [6.45, 7) is 5.86. The van der Waals surface area contributed by atoms with Crippen LogP contribution in [0.3, 0.4) is 0 Å². The maximum Gasteiger partial charge on any atom is 0.191 e. The average molecular weight is 471 g/mol. The second kappa shape index (κ2) is 9.00. The van der Waals surface area contributed by atoms with Crippen molar-refractivity contribution in [2.45, 2.75) is 31.8 Å². The molecule has 1 aromatic carbocycles. The van der Waals surface area contributed by atoms with Crippen molar-refractivity contribution in [3.63, 3.8) is 0 Å². The molecule has 3 N–H and O–H groups in total. The molecule has 3 rings (SSSR count). The number of aliphatic imine (C=N–C) groups is 1. The summed E-state index contributed by atoms with van der Waals surface area (Å²) in [6, 6.07) is 10.6. The van der Waals surface area contributed by atoms with Crippen LogP contribution in [0.2, 0.25) is 0 Å². The van der Waals surface area contributed by atoms with Gasteiger partial charge in [-0.3, -0.25) is 0 Å². The van der Waals surface area contributed by atoms with E-state index in [-0.39, 0.29) is 24.0 Å². The number of nitrogens with zero attached hydrogens (tertiary/aromatic N) is 1. The lowest BCUT2D eigenvalue weighted by Gasteiger charge is -2.30. The standard InChI is InChI=1S/C19H25N3OS.HI/c1-3-20-18(22-13-19(2,23)16-8-9-24-12-16)21-11-15-10-14-6-4-5-7-17(14)15;/h4-9,12,15,23H,3,10-11,13H2,1-2H3,(H2,20,21,22);1H. The first-order valence-electron chi connectivity index (χ1n) is 8.45. The molecule has 0 spiro atoms. The zero-order valence-electron chi connectivity index (χ0n) is 14.7. The first-order valence-corrected chi connectivity index (χ1v) is 9.39. The lowest BCUT2D eigenvalue weighted by Crippen LogP contribution is -2.42. The van der Waals surface area contributed by atoms with Gasteiger partial charge >= 0.3 is 0 Å². The summed E-state index contributed by atoms with van der Waals surface area (Å²) in [4.78, 5) is 4.58.